The summed E-state index contributed by atoms with van der Waals surface area (Å²) >= 11 is 0. The highest BCUT2D eigenvalue weighted by molar-refractivity contribution is 6.01. The van der Waals surface area contributed by atoms with Gasteiger partial charge >= 0.3 is 12.6 Å². The Kier molecular flexibility index (Phi) is 6.37. The summed E-state index contributed by atoms with van der Waals surface area (Å²) in [5, 5.41) is 18.1. The molecule has 0 saturated carbocycles. The lowest BCUT2D eigenvalue weighted by Gasteiger charge is -2.15. The zero-order valence-corrected chi connectivity index (χ0v) is 18.8. The lowest BCUT2D eigenvalue weighted by molar-refractivity contribution is -0.0504. The van der Waals surface area contributed by atoms with Gasteiger partial charge in [0.25, 0.3) is 6.43 Å². The van der Waals surface area contributed by atoms with Crippen molar-refractivity contribution in [3.05, 3.63) is 47.8 Å². The lowest BCUT2D eigenvalue weighted by Crippen LogP contribution is -2.10. The first-order valence-corrected chi connectivity index (χ1v) is 10.4. The van der Waals surface area contributed by atoms with Crippen LogP contribution in [0.1, 0.15) is 29.3 Å². The average Bonchev–Trinajstić information content (AvgIpc) is 3.40. The van der Waals surface area contributed by atoms with E-state index < -0.39 is 30.3 Å². The fraction of sp³-hybridized carbons (Fsp3) is 0.261. The topological polar surface area (TPSA) is 91.4 Å². The van der Waals surface area contributed by atoms with E-state index in [0.29, 0.717) is 17.7 Å². The second-order valence-corrected chi connectivity index (χ2v) is 7.55. The number of carboxylic acids is 1. The third-order valence-electron chi connectivity index (χ3n) is 5.48. The summed E-state index contributed by atoms with van der Waals surface area (Å²) in [6.07, 6.45) is 0.398. The van der Waals surface area contributed by atoms with Gasteiger partial charge in [-0.1, -0.05) is 0 Å². The maximum Gasteiger partial charge on any atom is 0.387 e. The van der Waals surface area contributed by atoms with Crippen molar-refractivity contribution in [1.29, 1.82) is 0 Å². The van der Waals surface area contributed by atoms with Crippen LogP contribution in [-0.4, -0.2) is 44.4 Å². The Bertz CT molecular complexity index is 1410. The monoisotopic (exact) mass is 492 g/mol. The van der Waals surface area contributed by atoms with Gasteiger partial charge in [-0.05, 0) is 36.8 Å². The largest absolute Gasteiger partial charge is 0.496 e. The van der Waals surface area contributed by atoms with E-state index in [1.807, 2.05) is 6.92 Å². The van der Waals surface area contributed by atoms with E-state index >= 15 is 0 Å². The summed E-state index contributed by atoms with van der Waals surface area (Å²) in [6.45, 7) is -0.819. The molecule has 184 valence electrons. The van der Waals surface area contributed by atoms with Gasteiger partial charge in [-0.15, -0.1) is 0 Å². The highest BCUT2D eigenvalue weighted by Crippen LogP contribution is 2.42. The first-order chi connectivity index (χ1) is 16.6. The molecule has 0 amide bonds. The summed E-state index contributed by atoms with van der Waals surface area (Å²) < 4.78 is 67.1. The number of aromatic nitrogens is 4. The molecule has 0 radical (unpaired) electrons. The molecular formula is C23H20F4N4O4. The number of benzene rings is 2. The van der Waals surface area contributed by atoms with E-state index in [1.54, 1.807) is 23.1 Å². The first-order valence-electron chi connectivity index (χ1n) is 10.4. The molecule has 2 aromatic heterocycles. The molecule has 0 fully saturated rings. The molecule has 0 spiro atoms. The summed E-state index contributed by atoms with van der Waals surface area (Å²) in [6, 6.07) is 5.26. The number of methoxy groups -OCH3 is 1. The van der Waals surface area contributed by atoms with Gasteiger partial charge in [0.05, 0.1) is 24.5 Å². The molecule has 0 aliphatic carbocycles. The van der Waals surface area contributed by atoms with E-state index in [1.165, 1.54) is 23.9 Å². The third kappa shape index (κ3) is 4.38. The van der Waals surface area contributed by atoms with Crippen molar-refractivity contribution in [2.45, 2.75) is 26.5 Å². The van der Waals surface area contributed by atoms with E-state index in [-0.39, 0.29) is 33.5 Å². The number of hydrogen-bond acceptors (Lipinski definition) is 5. The van der Waals surface area contributed by atoms with Crippen molar-refractivity contribution in [3.8, 4) is 33.9 Å². The summed E-state index contributed by atoms with van der Waals surface area (Å²) in [5.74, 6) is -2.50. The van der Waals surface area contributed by atoms with Gasteiger partial charge < -0.3 is 14.6 Å². The molecule has 0 aliphatic heterocycles. The van der Waals surface area contributed by atoms with Gasteiger partial charge in [-0.25, -0.2) is 13.6 Å². The van der Waals surface area contributed by atoms with Gasteiger partial charge in [-0.2, -0.15) is 19.0 Å². The fourth-order valence-corrected chi connectivity index (χ4v) is 4.00. The van der Waals surface area contributed by atoms with E-state index in [0.717, 1.165) is 13.2 Å². The van der Waals surface area contributed by atoms with Crippen molar-refractivity contribution < 1.29 is 36.9 Å². The van der Waals surface area contributed by atoms with E-state index in [2.05, 4.69) is 14.9 Å². The average molecular weight is 492 g/mol. The Labute approximate surface area is 196 Å². The number of aryl methyl sites for hydroxylation is 2. The van der Waals surface area contributed by atoms with Crippen molar-refractivity contribution in [3.63, 3.8) is 0 Å². The van der Waals surface area contributed by atoms with Crippen LogP contribution in [0.25, 0.3) is 33.3 Å². The molecular weight excluding hydrogens is 472 g/mol. The second kappa shape index (κ2) is 9.28. The van der Waals surface area contributed by atoms with Gasteiger partial charge in [-0.3, -0.25) is 9.36 Å². The number of rotatable bonds is 8. The van der Waals surface area contributed by atoms with Gasteiger partial charge in [0.15, 0.2) is 0 Å². The lowest BCUT2D eigenvalue weighted by atomic mass is 9.97. The molecule has 4 rings (SSSR count). The first kappa shape index (κ1) is 24.0. The van der Waals surface area contributed by atoms with E-state index in [9.17, 15) is 27.5 Å². The predicted molar refractivity (Wildman–Crippen MR) is 118 cm³/mol. The van der Waals surface area contributed by atoms with Crippen molar-refractivity contribution in [2.75, 3.05) is 7.11 Å². The van der Waals surface area contributed by atoms with Gasteiger partial charge in [0.1, 0.15) is 17.1 Å². The highest BCUT2D eigenvalue weighted by Gasteiger charge is 2.26. The van der Waals surface area contributed by atoms with Crippen LogP contribution in [0, 0.1) is 0 Å². The van der Waals surface area contributed by atoms with E-state index in [4.69, 9.17) is 4.74 Å². The Morgan fingerprint density at radius 1 is 1.09 bits per heavy atom. The summed E-state index contributed by atoms with van der Waals surface area (Å²) in [7, 11) is 2.66. The second-order valence-electron chi connectivity index (χ2n) is 7.55. The quantitative estimate of drug-likeness (QED) is 0.333. The standard InChI is InChI=1S/C23H20F4N4O4/c1-4-31-10-13(9-28-31)11-5-14(21(24)25)18-15(6-11)29-30(2)20(18)12-7-16(34-3)19(22(32)33)17(8-12)35-23(26)27/h5-10,21,23H,4H2,1-3H3,(H,32,33). The number of hydrogen-bond donors (Lipinski definition) is 1. The molecule has 2 heterocycles. The van der Waals surface area contributed by atoms with Crippen LogP contribution in [0.5, 0.6) is 11.5 Å². The van der Waals surface area contributed by atoms with Crippen LogP contribution >= 0.6 is 0 Å². The number of carboxylic acid groups (broad SMARTS) is 1. The SMILES string of the molecule is CCn1cc(-c2cc(C(F)F)c3c(-c4cc(OC)c(C(=O)O)c(OC(F)F)c4)n(C)nc3c2)cn1. The van der Waals surface area contributed by atoms with Gasteiger partial charge in [0.2, 0.25) is 0 Å². The number of ether oxygens (including phenoxy) is 2. The maximum absolute atomic E-state index is 14.3. The normalized spacial score (nSPS) is 11.6. The zero-order chi connectivity index (χ0) is 25.4. The van der Waals surface area contributed by atoms with Crippen LogP contribution in [0.15, 0.2) is 36.7 Å². The molecule has 0 bridgehead atoms. The zero-order valence-electron chi connectivity index (χ0n) is 18.8. The smallest absolute Gasteiger partial charge is 0.387 e. The number of halogens is 4. The number of alkyl halides is 4. The number of fused-ring (bicyclic) bond motifs is 1. The Hall–Kier alpha value is -4.09. The minimum atomic E-state index is -3.32. The van der Waals surface area contributed by atoms with Crippen molar-refractivity contribution in [1.82, 2.24) is 19.6 Å². The Balaban J connectivity index is 1.99. The summed E-state index contributed by atoms with van der Waals surface area (Å²) in [4.78, 5) is 11.7. The highest BCUT2D eigenvalue weighted by atomic mass is 19.3. The predicted octanol–water partition coefficient (Wildman–Crippen LogP) is 5.37. The summed E-state index contributed by atoms with van der Waals surface area (Å²) in [5.41, 5.74) is 0.661. The number of nitrogens with zero attached hydrogens (tertiary/aromatic N) is 4. The van der Waals surface area contributed by atoms with Crippen LogP contribution < -0.4 is 9.47 Å². The molecule has 1 N–H and O–H groups in total. The van der Waals surface area contributed by atoms with Crippen LogP contribution in [0.2, 0.25) is 0 Å². The third-order valence-corrected chi connectivity index (χ3v) is 5.48. The van der Waals surface area contributed by atoms with Crippen LogP contribution in [-0.2, 0) is 13.6 Å². The fourth-order valence-electron chi connectivity index (χ4n) is 4.00. The Morgan fingerprint density at radius 2 is 1.80 bits per heavy atom. The number of aromatic carboxylic acids is 1. The molecule has 0 atom stereocenters. The van der Waals surface area contributed by atoms with Crippen molar-refractivity contribution in [2.24, 2.45) is 7.05 Å². The van der Waals surface area contributed by atoms with Crippen molar-refractivity contribution >= 4 is 16.9 Å². The molecule has 4 aromatic rings. The minimum absolute atomic E-state index is 0.0854. The Morgan fingerprint density at radius 3 is 2.37 bits per heavy atom. The molecule has 8 nitrogen and oxygen atoms in total. The van der Waals surface area contributed by atoms with Gasteiger partial charge in [0, 0.05) is 41.9 Å². The molecule has 35 heavy (non-hydrogen) atoms. The molecule has 2 aromatic carbocycles. The van der Waals surface area contributed by atoms with Crippen LogP contribution in [0.4, 0.5) is 17.6 Å². The molecule has 0 aliphatic rings. The molecule has 0 saturated heterocycles. The molecule has 12 heteroatoms. The maximum atomic E-state index is 14.3. The molecule has 0 unspecified atom stereocenters. The van der Waals surface area contributed by atoms with Crippen LogP contribution in [0.3, 0.4) is 0 Å². The minimum Gasteiger partial charge on any atom is -0.496 e. The number of carbonyl (C=O) groups is 1.